The molecule has 0 atom stereocenters. The molecular formula is C15H14ClFN4S. The van der Waals surface area contributed by atoms with Crippen LogP contribution >= 0.6 is 22.9 Å². The molecule has 1 aliphatic rings. The summed E-state index contributed by atoms with van der Waals surface area (Å²) in [5.74, 6) is -0.194. The highest BCUT2D eigenvalue weighted by molar-refractivity contribution is 7.19. The highest BCUT2D eigenvalue weighted by Crippen LogP contribution is 2.31. The van der Waals surface area contributed by atoms with E-state index >= 15 is 0 Å². The molecule has 0 spiro atoms. The molecule has 3 rings (SSSR count). The fourth-order valence-corrected chi connectivity index (χ4v) is 3.64. The number of halogens is 2. The van der Waals surface area contributed by atoms with Crippen LogP contribution in [-0.2, 0) is 0 Å². The minimum atomic E-state index is -0.194. The molecule has 1 aliphatic heterocycles. The summed E-state index contributed by atoms with van der Waals surface area (Å²) >= 11 is 7.32. The van der Waals surface area contributed by atoms with Crippen LogP contribution in [0.5, 0.6) is 0 Å². The van der Waals surface area contributed by atoms with E-state index in [0.717, 1.165) is 31.2 Å². The maximum Gasteiger partial charge on any atom is 0.188 e. The van der Waals surface area contributed by atoms with Gasteiger partial charge in [0.05, 0.1) is 5.69 Å². The SMILES string of the molecule is N#Cc1nc(N2CCCN(c3ccccc3F)CC2)sc1Cl. The first-order valence-electron chi connectivity index (χ1n) is 7.00. The lowest BCUT2D eigenvalue weighted by molar-refractivity contribution is 0.618. The average molecular weight is 337 g/mol. The summed E-state index contributed by atoms with van der Waals surface area (Å²) in [7, 11) is 0. The second kappa shape index (κ2) is 6.51. The molecule has 1 aromatic carbocycles. The van der Waals surface area contributed by atoms with Crippen LogP contribution in [0.4, 0.5) is 15.2 Å². The van der Waals surface area contributed by atoms with Crippen molar-refractivity contribution in [3.8, 4) is 6.07 Å². The van der Waals surface area contributed by atoms with Crippen molar-refractivity contribution in [2.24, 2.45) is 0 Å². The Hall–Kier alpha value is -1.84. The Balaban J connectivity index is 1.75. The van der Waals surface area contributed by atoms with Crippen molar-refractivity contribution in [3.05, 3.63) is 40.1 Å². The van der Waals surface area contributed by atoms with Crippen molar-refractivity contribution >= 4 is 33.8 Å². The van der Waals surface area contributed by atoms with E-state index < -0.39 is 0 Å². The minimum Gasteiger partial charge on any atom is -0.367 e. The fraction of sp³-hybridized carbons (Fsp3) is 0.333. The Labute approximate surface area is 137 Å². The van der Waals surface area contributed by atoms with Crippen molar-refractivity contribution in [3.63, 3.8) is 0 Å². The van der Waals surface area contributed by atoms with Gasteiger partial charge in [-0.25, -0.2) is 9.37 Å². The number of hydrogen-bond donors (Lipinski definition) is 0. The third kappa shape index (κ3) is 3.01. The van der Waals surface area contributed by atoms with Crippen molar-refractivity contribution in [1.29, 1.82) is 5.26 Å². The van der Waals surface area contributed by atoms with E-state index in [-0.39, 0.29) is 11.5 Å². The van der Waals surface area contributed by atoms with E-state index in [1.807, 2.05) is 12.1 Å². The van der Waals surface area contributed by atoms with Crippen LogP contribution < -0.4 is 9.80 Å². The molecule has 0 saturated carbocycles. The molecule has 0 aliphatic carbocycles. The Morgan fingerprint density at radius 2 is 1.91 bits per heavy atom. The topological polar surface area (TPSA) is 43.2 Å². The predicted molar refractivity (Wildman–Crippen MR) is 87.3 cm³/mol. The van der Waals surface area contributed by atoms with Gasteiger partial charge >= 0.3 is 0 Å². The quantitative estimate of drug-likeness (QED) is 0.841. The molecule has 2 heterocycles. The third-order valence-corrected chi connectivity index (χ3v) is 4.96. The zero-order valence-electron chi connectivity index (χ0n) is 11.8. The van der Waals surface area contributed by atoms with E-state index in [2.05, 4.69) is 14.8 Å². The molecule has 1 fully saturated rings. The Bertz CT molecular complexity index is 712. The van der Waals surface area contributed by atoms with Crippen LogP contribution in [-0.4, -0.2) is 31.2 Å². The molecule has 1 saturated heterocycles. The zero-order chi connectivity index (χ0) is 15.5. The van der Waals surface area contributed by atoms with E-state index in [9.17, 15) is 4.39 Å². The second-order valence-electron chi connectivity index (χ2n) is 5.01. The number of hydrogen-bond acceptors (Lipinski definition) is 5. The summed E-state index contributed by atoms with van der Waals surface area (Å²) in [4.78, 5) is 8.43. The van der Waals surface area contributed by atoms with Gasteiger partial charge in [-0.1, -0.05) is 35.1 Å². The van der Waals surface area contributed by atoms with Gasteiger partial charge in [0.25, 0.3) is 0 Å². The van der Waals surface area contributed by atoms with Gasteiger partial charge in [-0.3, -0.25) is 0 Å². The van der Waals surface area contributed by atoms with Gasteiger partial charge in [-0.05, 0) is 18.6 Å². The van der Waals surface area contributed by atoms with E-state index in [1.54, 1.807) is 12.1 Å². The number of rotatable bonds is 2. The van der Waals surface area contributed by atoms with Gasteiger partial charge < -0.3 is 9.80 Å². The van der Waals surface area contributed by atoms with Gasteiger partial charge in [0, 0.05) is 26.2 Å². The molecule has 1 aromatic heterocycles. The summed E-state index contributed by atoms with van der Waals surface area (Å²) in [5, 5.41) is 9.71. The Morgan fingerprint density at radius 3 is 2.64 bits per heavy atom. The van der Waals surface area contributed by atoms with E-state index in [4.69, 9.17) is 16.9 Å². The summed E-state index contributed by atoms with van der Waals surface area (Å²) in [6.45, 7) is 3.05. The van der Waals surface area contributed by atoms with Gasteiger partial charge in [0.15, 0.2) is 10.8 Å². The molecule has 7 heteroatoms. The average Bonchev–Trinajstić information content (AvgIpc) is 2.74. The molecule has 0 amide bonds. The van der Waals surface area contributed by atoms with Crippen LogP contribution in [0, 0.1) is 17.1 Å². The van der Waals surface area contributed by atoms with Crippen molar-refractivity contribution in [2.45, 2.75) is 6.42 Å². The Kier molecular flexibility index (Phi) is 4.46. The number of thiazole rings is 1. The van der Waals surface area contributed by atoms with Gasteiger partial charge in [0.2, 0.25) is 0 Å². The fourth-order valence-electron chi connectivity index (χ4n) is 2.55. The van der Waals surface area contributed by atoms with Crippen LogP contribution in [0.1, 0.15) is 12.1 Å². The number of para-hydroxylation sites is 1. The first-order valence-corrected chi connectivity index (χ1v) is 8.19. The highest BCUT2D eigenvalue weighted by atomic mass is 35.5. The Morgan fingerprint density at radius 1 is 1.18 bits per heavy atom. The summed E-state index contributed by atoms with van der Waals surface area (Å²) < 4.78 is 14.3. The summed E-state index contributed by atoms with van der Waals surface area (Å²) in [6.07, 6.45) is 0.896. The molecule has 4 nitrogen and oxygen atoms in total. The van der Waals surface area contributed by atoms with E-state index in [1.165, 1.54) is 17.4 Å². The summed E-state index contributed by atoms with van der Waals surface area (Å²) in [5.41, 5.74) is 0.913. The minimum absolute atomic E-state index is 0.194. The monoisotopic (exact) mass is 336 g/mol. The maximum atomic E-state index is 13.9. The molecule has 0 bridgehead atoms. The van der Waals surface area contributed by atoms with Crippen molar-refractivity contribution in [1.82, 2.24) is 4.98 Å². The number of benzene rings is 1. The number of nitrogens with zero attached hydrogens (tertiary/aromatic N) is 4. The number of anilines is 2. The smallest absolute Gasteiger partial charge is 0.188 e. The third-order valence-electron chi connectivity index (χ3n) is 3.64. The molecule has 22 heavy (non-hydrogen) atoms. The molecular weight excluding hydrogens is 323 g/mol. The summed E-state index contributed by atoms with van der Waals surface area (Å²) in [6, 6.07) is 8.83. The second-order valence-corrected chi connectivity index (χ2v) is 6.59. The van der Waals surface area contributed by atoms with Crippen LogP contribution in [0.15, 0.2) is 24.3 Å². The van der Waals surface area contributed by atoms with E-state index in [0.29, 0.717) is 16.6 Å². The molecule has 0 unspecified atom stereocenters. The lowest BCUT2D eigenvalue weighted by Gasteiger charge is -2.23. The lowest BCUT2D eigenvalue weighted by atomic mass is 10.2. The molecule has 0 N–H and O–H groups in total. The normalized spacial score (nSPS) is 15.5. The molecule has 0 radical (unpaired) electrons. The number of aromatic nitrogens is 1. The maximum absolute atomic E-state index is 13.9. The first-order chi connectivity index (χ1) is 10.7. The standard InChI is InChI=1S/C15H14ClFN4S/c16-14-12(10-18)19-15(22-14)21-7-3-6-20(8-9-21)13-5-2-1-4-11(13)17/h1-2,4-5H,3,6-9H2. The molecule has 114 valence electrons. The van der Waals surface area contributed by atoms with Crippen LogP contribution in [0.25, 0.3) is 0 Å². The lowest BCUT2D eigenvalue weighted by Crippen LogP contribution is -2.31. The van der Waals surface area contributed by atoms with Crippen LogP contribution in [0.2, 0.25) is 4.34 Å². The van der Waals surface area contributed by atoms with Crippen LogP contribution in [0.3, 0.4) is 0 Å². The van der Waals surface area contributed by atoms with Gasteiger partial charge in [-0.2, -0.15) is 5.26 Å². The van der Waals surface area contributed by atoms with Crippen molar-refractivity contribution < 1.29 is 4.39 Å². The predicted octanol–water partition coefficient (Wildman–Crippen LogP) is 3.52. The van der Waals surface area contributed by atoms with Crippen molar-refractivity contribution in [2.75, 3.05) is 36.0 Å². The largest absolute Gasteiger partial charge is 0.367 e. The van der Waals surface area contributed by atoms with Gasteiger partial charge in [-0.15, -0.1) is 0 Å². The number of nitriles is 1. The zero-order valence-corrected chi connectivity index (χ0v) is 13.4. The molecule has 2 aromatic rings. The van der Waals surface area contributed by atoms with Gasteiger partial charge in [0.1, 0.15) is 16.2 Å². The highest BCUT2D eigenvalue weighted by Gasteiger charge is 2.20. The first kappa shape index (κ1) is 15.1.